The molecular weight excluding hydrogens is 769 g/mol. The quantitative estimate of drug-likeness (QED) is 0.0263. The van der Waals surface area contributed by atoms with Crippen LogP contribution in [0.15, 0.2) is 122 Å². The molecule has 0 spiro atoms. The molecule has 0 heterocycles. The van der Waals surface area contributed by atoms with Gasteiger partial charge in [-0.2, -0.15) is 0 Å². The lowest BCUT2D eigenvalue weighted by Crippen LogP contribution is -2.30. The van der Waals surface area contributed by atoms with Gasteiger partial charge in [-0.3, -0.25) is 14.4 Å². The molecule has 0 rings (SSSR count). The van der Waals surface area contributed by atoms with Gasteiger partial charge in [-0.15, -0.1) is 0 Å². The van der Waals surface area contributed by atoms with Crippen LogP contribution >= 0.6 is 0 Å². The lowest BCUT2D eigenvalue weighted by Gasteiger charge is -2.18. The van der Waals surface area contributed by atoms with Crippen LogP contribution in [0.4, 0.5) is 0 Å². The standard InChI is InChI=1S/C56H88O6/c1-4-7-10-13-16-19-22-24-26-28-30-32-34-37-40-43-46-49-55(58)61-52-53(51-60-54(57)48-45-42-39-36-21-18-15-12-9-6-3)62-56(59)50-47-44-41-38-35-33-31-29-27-25-23-20-17-14-11-8-5-2/h7-8,10-11,16-17,19-20,24-27,30-33,37-38,40-41,53H,4-6,9,12-15,18,21-23,28-29,34-36,39,42-52H2,1-3H3/b10-7-,11-8-,19-16-,20-17-,26-24-,27-25-,32-30-,33-31-,40-37-,41-38-. The van der Waals surface area contributed by atoms with Crippen molar-refractivity contribution in [3.63, 3.8) is 0 Å². The van der Waals surface area contributed by atoms with Gasteiger partial charge in [-0.05, 0) is 96.3 Å². The monoisotopic (exact) mass is 857 g/mol. The second kappa shape index (κ2) is 49.5. The van der Waals surface area contributed by atoms with Crippen LogP contribution in [0.1, 0.15) is 194 Å². The van der Waals surface area contributed by atoms with Gasteiger partial charge in [-0.25, -0.2) is 0 Å². The molecule has 0 bridgehead atoms. The first-order valence-electron chi connectivity index (χ1n) is 24.5. The Balaban J connectivity index is 4.58. The summed E-state index contributed by atoms with van der Waals surface area (Å²) < 4.78 is 16.6. The summed E-state index contributed by atoms with van der Waals surface area (Å²) in [4.78, 5) is 37.8. The molecule has 0 amide bonds. The third kappa shape index (κ3) is 46.9. The fourth-order valence-corrected chi connectivity index (χ4v) is 6.10. The summed E-state index contributed by atoms with van der Waals surface area (Å²) in [6.07, 6.45) is 67.6. The second-order valence-electron chi connectivity index (χ2n) is 15.6. The zero-order chi connectivity index (χ0) is 45.1. The lowest BCUT2D eigenvalue weighted by molar-refractivity contribution is -0.167. The SMILES string of the molecule is CC/C=C\C/C=C\C/C=C\C/C=C\C/C=C\CCCC(=O)OCC(COC(=O)CCCCCCCCCCCC)OC(=O)CCC/C=C\C/C=C\C/C=C\C/C=C\C/C=C\CC. The summed E-state index contributed by atoms with van der Waals surface area (Å²) in [6, 6.07) is 0. The third-order valence-electron chi connectivity index (χ3n) is 9.71. The smallest absolute Gasteiger partial charge is 0.306 e. The fraction of sp³-hybridized carbons (Fsp3) is 0.589. The summed E-state index contributed by atoms with van der Waals surface area (Å²) in [6.45, 7) is 6.27. The minimum Gasteiger partial charge on any atom is -0.462 e. The number of esters is 3. The van der Waals surface area contributed by atoms with E-state index in [1.165, 1.54) is 44.9 Å². The third-order valence-corrected chi connectivity index (χ3v) is 9.71. The number of hydrogen-bond donors (Lipinski definition) is 0. The maximum atomic E-state index is 12.7. The van der Waals surface area contributed by atoms with Gasteiger partial charge in [0.1, 0.15) is 13.2 Å². The van der Waals surface area contributed by atoms with Crippen molar-refractivity contribution in [3.8, 4) is 0 Å². The van der Waals surface area contributed by atoms with Crippen molar-refractivity contribution < 1.29 is 28.6 Å². The van der Waals surface area contributed by atoms with Gasteiger partial charge in [0.05, 0.1) is 0 Å². The average Bonchev–Trinajstić information content (AvgIpc) is 3.27. The fourth-order valence-electron chi connectivity index (χ4n) is 6.10. The molecule has 0 aromatic rings. The van der Waals surface area contributed by atoms with E-state index in [1.807, 2.05) is 0 Å². The summed E-state index contributed by atoms with van der Waals surface area (Å²) in [5.74, 6) is -1.05. The predicted molar refractivity (Wildman–Crippen MR) is 265 cm³/mol. The second-order valence-corrected chi connectivity index (χ2v) is 15.6. The number of carbonyl (C=O) groups is 3. The molecule has 0 aliphatic rings. The topological polar surface area (TPSA) is 78.9 Å². The number of unbranched alkanes of at least 4 members (excludes halogenated alkanes) is 11. The number of ether oxygens (including phenoxy) is 3. The maximum absolute atomic E-state index is 12.7. The highest BCUT2D eigenvalue weighted by molar-refractivity contribution is 5.71. The van der Waals surface area contributed by atoms with Gasteiger partial charge in [0.15, 0.2) is 6.10 Å². The number of rotatable bonds is 42. The van der Waals surface area contributed by atoms with Crippen molar-refractivity contribution in [2.75, 3.05) is 13.2 Å². The van der Waals surface area contributed by atoms with Crippen LogP contribution in [0.5, 0.6) is 0 Å². The van der Waals surface area contributed by atoms with Crippen molar-refractivity contribution in [3.05, 3.63) is 122 Å². The first kappa shape index (κ1) is 57.8. The molecule has 0 saturated heterocycles. The zero-order valence-corrected chi connectivity index (χ0v) is 39.6. The first-order chi connectivity index (χ1) is 30.5. The maximum Gasteiger partial charge on any atom is 0.306 e. The van der Waals surface area contributed by atoms with E-state index in [9.17, 15) is 14.4 Å². The van der Waals surface area contributed by atoms with Crippen molar-refractivity contribution in [2.24, 2.45) is 0 Å². The van der Waals surface area contributed by atoms with E-state index in [-0.39, 0.29) is 44.0 Å². The average molecular weight is 857 g/mol. The van der Waals surface area contributed by atoms with Crippen LogP contribution in [0, 0.1) is 0 Å². The normalized spacial score (nSPS) is 13.1. The van der Waals surface area contributed by atoms with Crippen LogP contribution in [0.2, 0.25) is 0 Å². The predicted octanol–water partition coefficient (Wildman–Crippen LogP) is 16.1. The Hall–Kier alpha value is -4.19. The van der Waals surface area contributed by atoms with E-state index < -0.39 is 6.10 Å². The molecule has 0 aromatic carbocycles. The molecule has 0 radical (unpaired) electrons. The molecule has 0 aromatic heterocycles. The molecule has 1 atom stereocenters. The van der Waals surface area contributed by atoms with Crippen LogP contribution in [-0.2, 0) is 28.6 Å². The van der Waals surface area contributed by atoms with Crippen LogP contribution in [-0.4, -0.2) is 37.2 Å². The van der Waals surface area contributed by atoms with Gasteiger partial charge in [-0.1, -0.05) is 200 Å². The van der Waals surface area contributed by atoms with Crippen LogP contribution in [0.3, 0.4) is 0 Å². The largest absolute Gasteiger partial charge is 0.462 e. The van der Waals surface area contributed by atoms with E-state index in [0.717, 1.165) is 96.3 Å². The number of hydrogen-bond acceptors (Lipinski definition) is 6. The molecule has 6 heteroatoms. The Morgan fingerprint density at radius 3 is 0.984 bits per heavy atom. The Morgan fingerprint density at radius 1 is 0.339 bits per heavy atom. The van der Waals surface area contributed by atoms with Crippen molar-refractivity contribution in [1.82, 2.24) is 0 Å². The Kier molecular flexibility index (Phi) is 46.1. The van der Waals surface area contributed by atoms with E-state index in [2.05, 4.69) is 142 Å². The molecule has 62 heavy (non-hydrogen) atoms. The number of carbonyl (C=O) groups excluding carboxylic acids is 3. The molecule has 0 fully saturated rings. The Morgan fingerprint density at radius 2 is 0.629 bits per heavy atom. The van der Waals surface area contributed by atoms with Gasteiger partial charge < -0.3 is 14.2 Å². The molecule has 0 saturated carbocycles. The summed E-state index contributed by atoms with van der Waals surface area (Å²) in [5.41, 5.74) is 0. The van der Waals surface area contributed by atoms with E-state index in [4.69, 9.17) is 14.2 Å². The Bertz CT molecular complexity index is 1350. The molecule has 0 aliphatic carbocycles. The van der Waals surface area contributed by atoms with Gasteiger partial charge in [0, 0.05) is 19.3 Å². The molecule has 0 N–H and O–H groups in total. The summed E-state index contributed by atoms with van der Waals surface area (Å²) >= 11 is 0. The van der Waals surface area contributed by atoms with Crippen LogP contribution in [0.25, 0.3) is 0 Å². The van der Waals surface area contributed by atoms with E-state index in [1.54, 1.807) is 0 Å². The summed E-state index contributed by atoms with van der Waals surface area (Å²) in [7, 11) is 0. The first-order valence-corrected chi connectivity index (χ1v) is 24.5. The van der Waals surface area contributed by atoms with E-state index >= 15 is 0 Å². The van der Waals surface area contributed by atoms with Crippen molar-refractivity contribution in [2.45, 2.75) is 200 Å². The highest BCUT2D eigenvalue weighted by atomic mass is 16.6. The highest BCUT2D eigenvalue weighted by Crippen LogP contribution is 2.12. The van der Waals surface area contributed by atoms with Gasteiger partial charge in [0.2, 0.25) is 0 Å². The van der Waals surface area contributed by atoms with Gasteiger partial charge in [0.25, 0.3) is 0 Å². The lowest BCUT2D eigenvalue weighted by atomic mass is 10.1. The Labute approximate surface area is 380 Å². The highest BCUT2D eigenvalue weighted by Gasteiger charge is 2.19. The molecule has 348 valence electrons. The summed E-state index contributed by atoms with van der Waals surface area (Å²) in [5, 5.41) is 0. The number of allylic oxidation sites excluding steroid dienone is 20. The van der Waals surface area contributed by atoms with E-state index in [0.29, 0.717) is 19.3 Å². The van der Waals surface area contributed by atoms with Crippen molar-refractivity contribution in [1.29, 1.82) is 0 Å². The minimum absolute atomic E-state index is 0.121. The van der Waals surface area contributed by atoms with Crippen LogP contribution < -0.4 is 0 Å². The molecule has 6 nitrogen and oxygen atoms in total. The van der Waals surface area contributed by atoms with Gasteiger partial charge >= 0.3 is 17.9 Å². The van der Waals surface area contributed by atoms with Crippen molar-refractivity contribution >= 4 is 17.9 Å². The molecular formula is C56H88O6. The molecule has 1 unspecified atom stereocenters. The molecule has 0 aliphatic heterocycles. The zero-order valence-electron chi connectivity index (χ0n) is 39.6. The minimum atomic E-state index is -0.831.